The van der Waals surface area contributed by atoms with Crippen molar-refractivity contribution in [3.63, 3.8) is 0 Å². The van der Waals surface area contributed by atoms with Crippen molar-refractivity contribution in [2.75, 3.05) is 23.9 Å². The predicted octanol–water partition coefficient (Wildman–Crippen LogP) is 4.37. The number of benzene rings is 2. The molecule has 1 fully saturated rings. The SMILES string of the molecule is CO[C@H]1/C=C/O[C@@]2(C)Oc3c(C)c(O)c4c(O)c(cc(N5CCC(O)[C@@H]5[C@H](C)O)c4c3C2=O)NC(=O)/C(C)=C\C=C\[C@H](C)[C@H](O)[C@@H](C)[C@@H](O)[C@@H](C)C(OC(C)=O)[C@H]1C. The van der Waals surface area contributed by atoms with E-state index in [1.165, 1.54) is 59.3 Å². The molecule has 1 saturated heterocycles. The third kappa shape index (κ3) is 8.15. The highest BCUT2D eigenvalue weighted by Gasteiger charge is 2.50. The number of nitrogens with one attached hydrogen (secondary N) is 1. The van der Waals surface area contributed by atoms with E-state index in [-0.39, 0.29) is 57.6 Å². The number of aromatic hydroxyl groups is 2. The van der Waals surface area contributed by atoms with Crippen LogP contribution in [0.4, 0.5) is 11.4 Å². The monoisotopic (exact) mass is 810 g/mol. The molecule has 2 unspecified atom stereocenters. The van der Waals surface area contributed by atoms with Crippen molar-refractivity contribution < 1.29 is 64.0 Å². The number of anilines is 2. The number of allylic oxidation sites excluding steroid dienone is 2. The number of fused-ring (bicyclic) bond motifs is 14. The fraction of sp³-hybridized carbons (Fsp3) is 0.558. The van der Waals surface area contributed by atoms with Gasteiger partial charge < -0.3 is 59.8 Å². The summed E-state index contributed by atoms with van der Waals surface area (Å²) in [6.45, 7) is 14.4. The molecular weight excluding hydrogens is 752 g/mol. The number of hydrogen-bond donors (Lipinski definition) is 7. The van der Waals surface area contributed by atoms with Crippen LogP contribution in [0.3, 0.4) is 0 Å². The number of carbonyl (C=O) groups excluding carboxylic acids is 3. The van der Waals surface area contributed by atoms with Crippen LogP contribution in [-0.4, -0.2) is 110 Å². The van der Waals surface area contributed by atoms with Crippen molar-refractivity contribution in [1.29, 1.82) is 0 Å². The quantitative estimate of drug-likeness (QED) is 0.168. The maximum absolute atomic E-state index is 14.6. The van der Waals surface area contributed by atoms with E-state index in [2.05, 4.69) is 5.32 Å². The highest BCUT2D eigenvalue weighted by atomic mass is 16.7. The largest absolute Gasteiger partial charge is 0.507 e. The van der Waals surface area contributed by atoms with Gasteiger partial charge in [-0.2, -0.15) is 0 Å². The Morgan fingerprint density at radius 2 is 1.67 bits per heavy atom. The molecule has 4 heterocycles. The van der Waals surface area contributed by atoms with Crippen molar-refractivity contribution in [3.05, 3.63) is 53.3 Å². The molecule has 0 spiro atoms. The van der Waals surface area contributed by atoms with Gasteiger partial charge in [0.25, 0.3) is 11.7 Å². The van der Waals surface area contributed by atoms with Crippen LogP contribution in [0.25, 0.3) is 10.8 Å². The third-order valence-electron chi connectivity index (χ3n) is 12.1. The van der Waals surface area contributed by atoms with Gasteiger partial charge in [-0.15, -0.1) is 0 Å². The Bertz CT molecular complexity index is 2010. The average molecular weight is 811 g/mol. The van der Waals surface area contributed by atoms with Gasteiger partial charge in [0.05, 0.1) is 59.5 Å². The van der Waals surface area contributed by atoms with Crippen molar-refractivity contribution in [2.45, 2.75) is 117 Å². The van der Waals surface area contributed by atoms with Gasteiger partial charge in [-0.3, -0.25) is 14.4 Å². The van der Waals surface area contributed by atoms with Crippen LogP contribution in [-0.2, 0) is 23.8 Å². The number of methoxy groups -OCH3 is 1. The number of ether oxygens (including phenoxy) is 4. The summed E-state index contributed by atoms with van der Waals surface area (Å²) in [5.74, 6) is -7.35. The zero-order chi connectivity index (χ0) is 43.1. The van der Waals surface area contributed by atoms with Gasteiger partial charge in [-0.1, -0.05) is 45.9 Å². The van der Waals surface area contributed by atoms with E-state index in [9.17, 15) is 45.0 Å². The summed E-state index contributed by atoms with van der Waals surface area (Å²) in [5, 5.41) is 70.7. The van der Waals surface area contributed by atoms with E-state index >= 15 is 0 Å². The molecule has 0 saturated carbocycles. The van der Waals surface area contributed by atoms with Crippen LogP contribution in [0.15, 0.2) is 42.2 Å². The zero-order valence-electron chi connectivity index (χ0n) is 34.7. The van der Waals surface area contributed by atoms with Gasteiger partial charge in [-0.25, -0.2) is 0 Å². The summed E-state index contributed by atoms with van der Waals surface area (Å²) in [6, 6.07) is 0.573. The molecular formula is C43H58N2O13. The Kier molecular flexibility index (Phi) is 13.2. The molecule has 0 aromatic heterocycles. The van der Waals surface area contributed by atoms with Crippen LogP contribution in [0.2, 0.25) is 0 Å². The Balaban J connectivity index is 1.73. The number of nitrogens with zero attached hydrogens (tertiary/aromatic N) is 1. The lowest BCUT2D eigenvalue weighted by Crippen LogP contribution is -2.46. The lowest BCUT2D eigenvalue weighted by Gasteiger charge is -2.38. The summed E-state index contributed by atoms with van der Waals surface area (Å²) in [7, 11) is 1.44. The molecule has 7 N–H and O–H groups in total. The molecule has 15 heteroatoms. The Labute approximate surface area is 338 Å². The molecule has 318 valence electrons. The normalized spacial score (nSPS) is 34.9. The number of rotatable bonds is 4. The molecule has 15 nitrogen and oxygen atoms in total. The van der Waals surface area contributed by atoms with E-state index in [0.29, 0.717) is 0 Å². The first-order valence-corrected chi connectivity index (χ1v) is 19.6. The number of aliphatic hydroxyl groups is 4. The molecule has 5 bridgehead atoms. The molecule has 0 radical (unpaired) electrons. The lowest BCUT2D eigenvalue weighted by molar-refractivity contribution is -0.160. The second kappa shape index (κ2) is 17.3. The standard InChI is InChI=1S/C43H58N2O13/c1-19-12-11-13-20(2)42(54)44-27-18-28(45-16-14-29(48)34(45)25(7)46)31-32(38(27)52)37(51)24(6)40-33(31)41(53)43(9,58-40)56-17-15-30(55-10)21(3)39(57-26(8)47)23(5)36(50)22(4)35(19)49/h11-13,15,17-19,21-23,25,29-30,34-36,39,46,48-52H,14,16H2,1-10H3,(H,44,54)/b12-11+,17-15+,20-13-/t19-,21-,22+,23+,25-,29?,30-,34-,35-,36+,39?,43-/m0/s1. The molecule has 2 aromatic carbocycles. The topological polar surface area (TPSA) is 225 Å². The number of phenolic OH excluding ortho intramolecular Hbond substituents is 2. The Hall–Kier alpha value is -4.67. The number of phenols is 2. The van der Waals surface area contributed by atoms with E-state index in [1.807, 2.05) is 0 Å². The van der Waals surface area contributed by atoms with Crippen LogP contribution < -0.4 is 15.0 Å². The minimum absolute atomic E-state index is 0.0207. The van der Waals surface area contributed by atoms with Crippen molar-refractivity contribution >= 4 is 39.8 Å². The van der Waals surface area contributed by atoms with Gasteiger partial charge in [0.1, 0.15) is 17.6 Å². The first-order valence-electron chi connectivity index (χ1n) is 19.6. The Morgan fingerprint density at radius 1 is 1.00 bits per heavy atom. The predicted molar refractivity (Wildman–Crippen MR) is 216 cm³/mol. The summed E-state index contributed by atoms with van der Waals surface area (Å²) >= 11 is 0. The van der Waals surface area contributed by atoms with Crippen LogP contribution in [0.5, 0.6) is 17.2 Å². The highest BCUT2D eigenvalue weighted by molar-refractivity contribution is 6.23. The fourth-order valence-electron chi connectivity index (χ4n) is 8.54. The molecule has 4 aliphatic rings. The highest BCUT2D eigenvalue weighted by Crippen LogP contribution is 2.54. The van der Waals surface area contributed by atoms with E-state index in [0.717, 1.165) is 0 Å². The number of hydrogen-bond acceptors (Lipinski definition) is 14. The number of amides is 1. The molecule has 58 heavy (non-hydrogen) atoms. The first-order chi connectivity index (χ1) is 27.2. The average Bonchev–Trinajstić information content (AvgIpc) is 3.69. The van der Waals surface area contributed by atoms with Gasteiger partial charge in [0, 0.05) is 73.4 Å². The maximum atomic E-state index is 14.6. The van der Waals surface area contributed by atoms with Crippen molar-refractivity contribution in [3.8, 4) is 17.2 Å². The summed E-state index contributed by atoms with van der Waals surface area (Å²) in [6.07, 6.45) is 1.89. The maximum Gasteiger partial charge on any atom is 0.312 e. The van der Waals surface area contributed by atoms with Crippen molar-refractivity contribution in [1.82, 2.24) is 0 Å². The Morgan fingerprint density at radius 3 is 2.29 bits per heavy atom. The molecule has 2 aromatic rings. The minimum Gasteiger partial charge on any atom is -0.507 e. The van der Waals surface area contributed by atoms with Crippen LogP contribution in [0, 0.1) is 30.6 Å². The van der Waals surface area contributed by atoms with Gasteiger partial charge in [0.2, 0.25) is 0 Å². The molecule has 1 amide bonds. The second-order valence-electron chi connectivity index (χ2n) is 16.2. The lowest BCUT2D eigenvalue weighted by atomic mass is 9.78. The van der Waals surface area contributed by atoms with Crippen molar-refractivity contribution in [2.24, 2.45) is 23.7 Å². The minimum atomic E-state index is -2.01. The first kappa shape index (κ1) is 44.4. The van der Waals surface area contributed by atoms with E-state index in [1.54, 1.807) is 51.7 Å². The summed E-state index contributed by atoms with van der Waals surface area (Å²) in [4.78, 5) is 42.3. The number of Topliss-reactive ketones (excluding diaryl/α,β-unsaturated/α-hetero) is 1. The summed E-state index contributed by atoms with van der Waals surface area (Å²) < 4.78 is 23.8. The van der Waals surface area contributed by atoms with Gasteiger partial charge in [-0.05, 0) is 39.3 Å². The molecule has 0 aliphatic carbocycles. The van der Waals surface area contributed by atoms with Crippen LogP contribution >= 0.6 is 0 Å². The van der Waals surface area contributed by atoms with Gasteiger partial charge in [0.15, 0.2) is 5.75 Å². The molecule has 6 rings (SSSR count). The van der Waals surface area contributed by atoms with E-state index < -0.39 is 101 Å². The smallest absolute Gasteiger partial charge is 0.312 e. The van der Waals surface area contributed by atoms with E-state index in [4.69, 9.17) is 18.9 Å². The molecule has 4 aliphatic heterocycles. The third-order valence-corrected chi connectivity index (χ3v) is 12.1. The molecule has 12 atom stereocenters. The zero-order valence-corrected chi connectivity index (χ0v) is 34.7. The fourth-order valence-corrected chi connectivity index (χ4v) is 8.54. The number of aliphatic hydroxyl groups excluding tert-OH is 4. The van der Waals surface area contributed by atoms with Gasteiger partial charge >= 0.3 is 11.8 Å². The number of ketones is 1. The number of esters is 1. The summed E-state index contributed by atoms with van der Waals surface area (Å²) in [5.41, 5.74) is 0.384. The second-order valence-corrected chi connectivity index (χ2v) is 16.2. The number of carbonyl (C=O) groups is 3. The van der Waals surface area contributed by atoms with Crippen LogP contribution in [0.1, 0.15) is 77.7 Å².